The number of unbranched alkanes of at least 4 members (excludes halogenated alkanes) is 19. The van der Waals surface area contributed by atoms with Crippen LogP contribution in [-0.2, 0) is 32.7 Å². The quantitative estimate of drug-likeness (QED) is 0.0199. The van der Waals surface area contributed by atoms with E-state index in [1.807, 2.05) is 21.1 Å². The predicted octanol–water partition coefficient (Wildman–Crippen LogP) is 11.5. The number of likely N-dealkylation sites (N-methyl/N-ethyl adjacent to an activating group) is 1. The normalized spacial score (nSPS) is 14.0. The molecular formula is C44H82NO8P. The molecule has 316 valence electrons. The lowest BCUT2D eigenvalue weighted by Crippen LogP contribution is -2.37. The Balaban J connectivity index is 4.38. The third-order valence-corrected chi connectivity index (χ3v) is 10.1. The molecule has 0 amide bonds. The first-order valence-electron chi connectivity index (χ1n) is 21.7. The van der Waals surface area contributed by atoms with Crippen LogP contribution >= 0.6 is 7.82 Å². The fourth-order valence-electron chi connectivity index (χ4n) is 5.68. The molecule has 0 saturated heterocycles. The largest absolute Gasteiger partial charge is 0.756 e. The molecule has 0 aliphatic heterocycles. The van der Waals surface area contributed by atoms with E-state index in [0.717, 1.165) is 70.6 Å². The van der Waals surface area contributed by atoms with Crippen LogP contribution in [0.25, 0.3) is 0 Å². The summed E-state index contributed by atoms with van der Waals surface area (Å²) in [6.45, 7) is 4.16. The van der Waals surface area contributed by atoms with Crippen LogP contribution in [0.5, 0.6) is 0 Å². The zero-order valence-corrected chi connectivity index (χ0v) is 36.3. The molecule has 2 unspecified atom stereocenters. The highest BCUT2D eigenvalue weighted by Crippen LogP contribution is 2.38. The molecule has 0 bridgehead atoms. The summed E-state index contributed by atoms with van der Waals surface area (Å²) < 4.78 is 33.8. The topological polar surface area (TPSA) is 111 Å². The third kappa shape index (κ3) is 39.9. The summed E-state index contributed by atoms with van der Waals surface area (Å²) in [4.78, 5) is 37.5. The van der Waals surface area contributed by atoms with E-state index in [0.29, 0.717) is 17.4 Å². The maximum atomic E-state index is 12.7. The van der Waals surface area contributed by atoms with Gasteiger partial charge in [0.15, 0.2) is 6.10 Å². The van der Waals surface area contributed by atoms with E-state index in [1.54, 1.807) is 0 Å². The van der Waals surface area contributed by atoms with Crippen LogP contribution in [-0.4, -0.2) is 70.0 Å². The zero-order chi connectivity index (χ0) is 40.0. The van der Waals surface area contributed by atoms with Gasteiger partial charge in [-0.1, -0.05) is 134 Å². The zero-order valence-electron chi connectivity index (χ0n) is 35.4. The minimum Gasteiger partial charge on any atom is -0.756 e. The van der Waals surface area contributed by atoms with Crippen LogP contribution in [0, 0.1) is 0 Å². The lowest BCUT2D eigenvalue weighted by Gasteiger charge is -2.28. The van der Waals surface area contributed by atoms with E-state index in [4.69, 9.17) is 18.5 Å². The lowest BCUT2D eigenvalue weighted by molar-refractivity contribution is -0.870. The van der Waals surface area contributed by atoms with Crippen molar-refractivity contribution in [3.63, 3.8) is 0 Å². The Hall–Kier alpha value is -1.77. The second-order valence-corrected chi connectivity index (χ2v) is 17.1. The summed E-state index contributed by atoms with van der Waals surface area (Å²) in [5.74, 6) is -0.854. The van der Waals surface area contributed by atoms with E-state index in [-0.39, 0.29) is 26.1 Å². The van der Waals surface area contributed by atoms with Crippen LogP contribution in [0.2, 0.25) is 0 Å². The van der Waals surface area contributed by atoms with Gasteiger partial charge in [-0.15, -0.1) is 0 Å². The molecule has 0 aliphatic carbocycles. The van der Waals surface area contributed by atoms with Gasteiger partial charge in [-0.05, 0) is 70.6 Å². The summed E-state index contributed by atoms with van der Waals surface area (Å²) in [6, 6.07) is 0. The molecule has 0 spiro atoms. The molecule has 0 heterocycles. The molecule has 0 aliphatic rings. The lowest BCUT2D eigenvalue weighted by atomic mass is 10.1. The number of carbonyl (C=O) groups is 2. The van der Waals surface area contributed by atoms with Crippen molar-refractivity contribution in [2.75, 3.05) is 47.5 Å². The average Bonchev–Trinajstić information content (AvgIpc) is 3.12. The minimum atomic E-state index is -4.62. The van der Waals surface area contributed by atoms with Gasteiger partial charge in [-0.25, -0.2) is 0 Å². The number of rotatable bonds is 39. The Morgan fingerprint density at radius 1 is 0.574 bits per heavy atom. The van der Waals surface area contributed by atoms with Crippen molar-refractivity contribution in [3.8, 4) is 0 Å². The van der Waals surface area contributed by atoms with Gasteiger partial charge in [0.1, 0.15) is 19.8 Å². The second-order valence-electron chi connectivity index (χ2n) is 15.7. The Bertz CT molecular complexity index is 1020. The number of nitrogens with zero attached hydrogens (tertiary/aromatic N) is 1. The van der Waals surface area contributed by atoms with Gasteiger partial charge >= 0.3 is 11.9 Å². The molecule has 0 aromatic heterocycles. The van der Waals surface area contributed by atoms with Gasteiger partial charge in [-0.3, -0.25) is 14.2 Å². The van der Waals surface area contributed by atoms with Gasteiger partial charge in [-0.2, -0.15) is 0 Å². The molecule has 10 heteroatoms. The Kier molecular flexibility index (Phi) is 35.6. The fraction of sp³-hybridized carbons (Fsp3) is 0.818. The molecule has 54 heavy (non-hydrogen) atoms. The molecule has 0 N–H and O–H groups in total. The number of hydrogen-bond acceptors (Lipinski definition) is 8. The fourth-order valence-corrected chi connectivity index (χ4v) is 6.41. The number of ether oxygens (including phenoxy) is 2. The van der Waals surface area contributed by atoms with E-state index in [2.05, 4.69) is 50.3 Å². The standard InChI is InChI=1S/C44H82NO8P/c1-6-8-10-12-14-16-18-20-21-22-23-24-25-27-29-31-33-35-37-44(47)53-42(41-52-54(48,49)51-39-38-45(3,4)5)40-50-43(46)36-34-32-30-28-26-19-17-15-13-11-9-7-2/h15-18,21-22,42H,6-14,19-20,23-41H2,1-5H3/b17-15-,18-16-,22-21-. The molecule has 0 fully saturated rings. The summed E-state index contributed by atoms with van der Waals surface area (Å²) in [5.41, 5.74) is 0. The van der Waals surface area contributed by atoms with Crippen molar-refractivity contribution < 1.29 is 42.1 Å². The van der Waals surface area contributed by atoms with E-state index in [1.165, 1.54) is 77.0 Å². The Morgan fingerprint density at radius 2 is 1.00 bits per heavy atom. The maximum absolute atomic E-state index is 12.7. The van der Waals surface area contributed by atoms with Gasteiger partial charge in [0.2, 0.25) is 0 Å². The number of esters is 2. The molecule has 0 aromatic carbocycles. The first-order valence-corrected chi connectivity index (χ1v) is 23.2. The van der Waals surface area contributed by atoms with Crippen molar-refractivity contribution in [2.45, 2.75) is 187 Å². The first-order chi connectivity index (χ1) is 26.0. The second kappa shape index (κ2) is 36.8. The highest BCUT2D eigenvalue weighted by Gasteiger charge is 2.21. The number of quaternary nitrogens is 1. The van der Waals surface area contributed by atoms with Gasteiger partial charge in [0, 0.05) is 12.8 Å². The molecule has 0 saturated carbocycles. The van der Waals surface area contributed by atoms with E-state index < -0.39 is 32.5 Å². The van der Waals surface area contributed by atoms with Gasteiger partial charge in [0.05, 0.1) is 27.7 Å². The summed E-state index contributed by atoms with van der Waals surface area (Å²) in [5, 5.41) is 0. The van der Waals surface area contributed by atoms with Crippen LogP contribution < -0.4 is 4.89 Å². The average molecular weight is 784 g/mol. The molecule has 0 aromatic rings. The van der Waals surface area contributed by atoms with Crippen molar-refractivity contribution >= 4 is 19.8 Å². The number of carbonyl (C=O) groups excluding carboxylic acids is 2. The van der Waals surface area contributed by atoms with Crippen LogP contribution in [0.3, 0.4) is 0 Å². The predicted molar refractivity (Wildman–Crippen MR) is 222 cm³/mol. The smallest absolute Gasteiger partial charge is 0.306 e. The summed E-state index contributed by atoms with van der Waals surface area (Å²) in [7, 11) is 1.15. The molecular weight excluding hydrogens is 701 g/mol. The van der Waals surface area contributed by atoms with Crippen LogP contribution in [0.4, 0.5) is 0 Å². The van der Waals surface area contributed by atoms with Crippen LogP contribution in [0.15, 0.2) is 36.5 Å². The molecule has 0 radical (unpaired) electrons. The third-order valence-electron chi connectivity index (χ3n) is 9.13. The highest BCUT2D eigenvalue weighted by molar-refractivity contribution is 7.45. The van der Waals surface area contributed by atoms with Gasteiger partial charge < -0.3 is 27.9 Å². The summed E-state index contributed by atoms with van der Waals surface area (Å²) >= 11 is 0. The van der Waals surface area contributed by atoms with Crippen molar-refractivity contribution in [3.05, 3.63) is 36.5 Å². The van der Waals surface area contributed by atoms with Crippen molar-refractivity contribution in [2.24, 2.45) is 0 Å². The van der Waals surface area contributed by atoms with E-state index in [9.17, 15) is 19.0 Å². The highest BCUT2D eigenvalue weighted by atomic mass is 31.2. The molecule has 9 nitrogen and oxygen atoms in total. The number of phosphoric acid groups is 1. The summed E-state index contributed by atoms with van der Waals surface area (Å²) in [6.07, 6.45) is 40.2. The van der Waals surface area contributed by atoms with Gasteiger partial charge in [0.25, 0.3) is 7.82 Å². The Morgan fingerprint density at radius 3 is 1.52 bits per heavy atom. The van der Waals surface area contributed by atoms with Crippen molar-refractivity contribution in [1.29, 1.82) is 0 Å². The first kappa shape index (κ1) is 52.2. The van der Waals surface area contributed by atoms with Crippen LogP contribution in [0.1, 0.15) is 181 Å². The monoisotopic (exact) mass is 784 g/mol. The maximum Gasteiger partial charge on any atom is 0.306 e. The molecule has 0 rings (SSSR count). The molecule has 2 atom stereocenters. The van der Waals surface area contributed by atoms with Crippen molar-refractivity contribution in [1.82, 2.24) is 0 Å². The Labute approximate surface area is 331 Å². The van der Waals surface area contributed by atoms with E-state index >= 15 is 0 Å². The SMILES string of the molecule is CCCCC/C=C\CCCCCCCC(=O)OCC(COP(=O)([O-])OCC[N+](C)(C)C)OC(=O)CCCCCCCCC/C=C\C/C=C\CCCCCC. The number of allylic oxidation sites excluding steroid dienone is 6. The number of phosphoric ester groups is 1. The number of hydrogen-bond donors (Lipinski definition) is 0. The minimum absolute atomic E-state index is 0.0340.